The van der Waals surface area contributed by atoms with E-state index in [2.05, 4.69) is 15.0 Å². The molecule has 1 aliphatic rings. The summed E-state index contributed by atoms with van der Waals surface area (Å²) in [7, 11) is 0. The first-order valence-corrected chi connectivity index (χ1v) is 7.82. The summed E-state index contributed by atoms with van der Waals surface area (Å²) in [6, 6.07) is 5.75. The molecule has 122 valence electrons. The van der Waals surface area contributed by atoms with Crippen LogP contribution in [-0.2, 0) is 6.54 Å². The molecule has 0 bridgehead atoms. The summed E-state index contributed by atoms with van der Waals surface area (Å²) < 4.78 is 14.8. The van der Waals surface area contributed by atoms with Crippen LogP contribution in [0.2, 0.25) is 0 Å². The molecule has 1 aliphatic heterocycles. The highest BCUT2D eigenvalue weighted by Crippen LogP contribution is 2.10. The van der Waals surface area contributed by atoms with Crippen LogP contribution in [0, 0.1) is 5.82 Å². The lowest BCUT2D eigenvalue weighted by Crippen LogP contribution is -2.36. The number of nitrogens with zero attached hydrogens (tertiary/aromatic N) is 5. The number of halogens is 1. The van der Waals surface area contributed by atoms with Crippen LogP contribution in [0.25, 0.3) is 0 Å². The molecule has 0 spiro atoms. The Hall–Kier alpha value is -2.28. The van der Waals surface area contributed by atoms with Crippen LogP contribution in [0.4, 0.5) is 4.39 Å². The fraction of sp³-hybridized carbons (Fsp3) is 0.438. The SMILES string of the molecule is O=C(c1ccc(F)cc1)N1CCCN(CCn2cncn2)CC1. The molecule has 0 aliphatic carbocycles. The van der Waals surface area contributed by atoms with E-state index < -0.39 is 0 Å². The molecule has 0 unspecified atom stereocenters. The zero-order valence-corrected chi connectivity index (χ0v) is 12.9. The first kappa shape index (κ1) is 15.6. The largest absolute Gasteiger partial charge is 0.337 e. The highest BCUT2D eigenvalue weighted by atomic mass is 19.1. The van der Waals surface area contributed by atoms with Crippen molar-refractivity contribution in [3.63, 3.8) is 0 Å². The molecule has 0 saturated carbocycles. The van der Waals surface area contributed by atoms with E-state index in [0.717, 1.165) is 39.1 Å². The Labute approximate surface area is 134 Å². The number of carbonyl (C=O) groups excluding carboxylic acids is 1. The van der Waals surface area contributed by atoms with Crippen molar-refractivity contribution in [2.75, 3.05) is 32.7 Å². The fourth-order valence-corrected chi connectivity index (χ4v) is 2.76. The molecule has 2 heterocycles. The van der Waals surface area contributed by atoms with E-state index in [0.29, 0.717) is 12.1 Å². The van der Waals surface area contributed by atoms with Gasteiger partial charge in [-0.1, -0.05) is 0 Å². The molecule has 1 saturated heterocycles. The van der Waals surface area contributed by atoms with Crippen molar-refractivity contribution in [1.82, 2.24) is 24.6 Å². The molecule has 0 N–H and O–H groups in total. The average molecular weight is 317 g/mol. The van der Waals surface area contributed by atoms with E-state index in [4.69, 9.17) is 0 Å². The summed E-state index contributed by atoms with van der Waals surface area (Å²) in [4.78, 5) is 20.6. The number of aromatic nitrogens is 3. The number of amides is 1. The van der Waals surface area contributed by atoms with Crippen molar-refractivity contribution in [2.24, 2.45) is 0 Å². The lowest BCUT2D eigenvalue weighted by atomic mass is 10.2. The van der Waals surface area contributed by atoms with E-state index in [9.17, 15) is 9.18 Å². The van der Waals surface area contributed by atoms with E-state index in [1.165, 1.54) is 18.5 Å². The molecule has 1 amide bonds. The van der Waals surface area contributed by atoms with Crippen molar-refractivity contribution in [3.8, 4) is 0 Å². The van der Waals surface area contributed by atoms with Crippen molar-refractivity contribution in [3.05, 3.63) is 48.3 Å². The second-order valence-electron chi connectivity index (χ2n) is 5.65. The van der Waals surface area contributed by atoms with Gasteiger partial charge in [0.15, 0.2) is 0 Å². The number of hydrogen-bond acceptors (Lipinski definition) is 4. The third kappa shape index (κ3) is 4.13. The monoisotopic (exact) mass is 317 g/mol. The van der Waals surface area contributed by atoms with Gasteiger partial charge in [0.25, 0.3) is 5.91 Å². The summed E-state index contributed by atoms with van der Waals surface area (Å²) >= 11 is 0. The molecule has 2 aromatic rings. The normalized spacial score (nSPS) is 16.3. The first-order valence-electron chi connectivity index (χ1n) is 7.82. The first-order chi connectivity index (χ1) is 11.2. The smallest absolute Gasteiger partial charge is 0.253 e. The Bertz CT molecular complexity index is 628. The molecular formula is C16H20FN5O. The quantitative estimate of drug-likeness (QED) is 0.852. The fourth-order valence-electron chi connectivity index (χ4n) is 2.76. The van der Waals surface area contributed by atoms with Gasteiger partial charge < -0.3 is 4.90 Å². The second kappa shape index (κ2) is 7.32. The van der Waals surface area contributed by atoms with Crippen LogP contribution >= 0.6 is 0 Å². The maximum atomic E-state index is 13.0. The lowest BCUT2D eigenvalue weighted by Gasteiger charge is -2.22. The highest BCUT2D eigenvalue weighted by molar-refractivity contribution is 5.94. The van der Waals surface area contributed by atoms with Gasteiger partial charge in [-0.15, -0.1) is 0 Å². The Kier molecular flexibility index (Phi) is 4.97. The molecule has 1 fully saturated rings. The van der Waals surface area contributed by atoms with Gasteiger partial charge in [-0.05, 0) is 37.2 Å². The Morgan fingerprint density at radius 3 is 2.65 bits per heavy atom. The minimum Gasteiger partial charge on any atom is -0.337 e. The minimum absolute atomic E-state index is 0.0249. The molecule has 1 aromatic heterocycles. The summed E-state index contributed by atoms with van der Waals surface area (Å²) in [5.41, 5.74) is 0.544. The number of rotatable bonds is 4. The Balaban J connectivity index is 1.53. The van der Waals surface area contributed by atoms with Gasteiger partial charge in [0.05, 0.1) is 6.54 Å². The van der Waals surface area contributed by atoms with Crippen LogP contribution in [0.1, 0.15) is 16.8 Å². The molecule has 7 heteroatoms. The van der Waals surface area contributed by atoms with Gasteiger partial charge in [-0.25, -0.2) is 9.37 Å². The molecule has 6 nitrogen and oxygen atoms in total. The van der Waals surface area contributed by atoms with E-state index in [1.807, 2.05) is 9.58 Å². The molecular weight excluding hydrogens is 297 g/mol. The number of hydrogen-bond donors (Lipinski definition) is 0. The van der Waals surface area contributed by atoms with E-state index >= 15 is 0 Å². The predicted octanol–water partition coefficient (Wildman–Crippen LogP) is 1.27. The second-order valence-corrected chi connectivity index (χ2v) is 5.65. The zero-order chi connectivity index (χ0) is 16.1. The standard InChI is InChI=1S/C16H20FN5O/c17-15-4-2-14(3-5-15)16(23)21-7-1-6-20(8-10-21)9-11-22-13-18-12-19-22/h2-5,12-13H,1,6-11H2. The van der Waals surface area contributed by atoms with Gasteiger partial charge in [0.2, 0.25) is 0 Å². The summed E-state index contributed by atoms with van der Waals surface area (Å²) in [5.74, 6) is -0.347. The van der Waals surface area contributed by atoms with Crippen LogP contribution in [0.3, 0.4) is 0 Å². The molecule has 0 atom stereocenters. The third-order valence-corrected chi connectivity index (χ3v) is 4.08. The number of carbonyl (C=O) groups is 1. The summed E-state index contributed by atoms with van der Waals surface area (Å²) in [5, 5.41) is 4.10. The maximum absolute atomic E-state index is 13.0. The molecule has 3 rings (SSSR count). The Morgan fingerprint density at radius 1 is 1.09 bits per heavy atom. The van der Waals surface area contributed by atoms with Gasteiger partial charge in [-0.2, -0.15) is 5.10 Å². The minimum atomic E-state index is -0.322. The van der Waals surface area contributed by atoms with Gasteiger partial charge in [0.1, 0.15) is 18.5 Å². The lowest BCUT2D eigenvalue weighted by molar-refractivity contribution is 0.0761. The highest BCUT2D eigenvalue weighted by Gasteiger charge is 2.20. The van der Waals surface area contributed by atoms with Crippen molar-refractivity contribution in [2.45, 2.75) is 13.0 Å². The topological polar surface area (TPSA) is 54.3 Å². The Morgan fingerprint density at radius 2 is 1.91 bits per heavy atom. The van der Waals surface area contributed by atoms with Crippen LogP contribution in [-0.4, -0.2) is 63.2 Å². The zero-order valence-electron chi connectivity index (χ0n) is 12.9. The predicted molar refractivity (Wildman–Crippen MR) is 83.4 cm³/mol. The molecule has 1 aromatic carbocycles. The van der Waals surface area contributed by atoms with E-state index in [-0.39, 0.29) is 11.7 Å². The van der Waals surface area contributed by atoms with Crippen molar-refractivity contribution in [1.29, 1.82) is 0 Å². The molecule has 23 heavy (non-hydrogen) atoms. The summed E-state index contributed by atoms with van der Waals surface area (Å²) in [6.07, 6.45) is 4.18. The van der Waals surface area contributed by atoms with Crippen LogP contribution in [0.15, 0.2) is 36.9 Å². The van der Waals surface area contributed by atoms with Crippen molar-refractivity contribution >= 4 is 5.91 Å². The van der Waals surface area contributed by atoms with Gasteiger partial charge >= 0.3 is 0 Å². The van der Waals surface area contributed by atoms with Gasteiger partial charge in [-0.3, -0.25) is 14.4 Å². The number of benzene rings is 1. The third-order valence-electron chi connectivity index (χ3n) is 4.08. The van der Waals surface area contributed by atoms with Gasteiger partial charge in [0, 0.05) is 31.7 Å². The maximum Gasteiger partial charge on any atom is 0.253 e. The van der Waals surface area contributed by atoms with Crippen LogP contribution < -0.4 is 0 Å². The van der Waals surface area contributed by atoms with Crippen molar-refractivity contribution < 1.29 is 9.18 Å². The average Bonchev–Trinajstić information content (AvgIpc) is 2.97. The summed E-state index contributed by atoms with van der Waals surface area (Å²) in [6.45, 7) is 4.90. The molecule has 0 radical (unpaired) electrons. The van der Waals surface area contributed by atoms with E-state index in [1.54, 1.807) is 18.5 Å². The van der Waals surface area contributed by atoms with Crippen LogP contribution in [0.5, 0.6) is 0 Å².